The number of anilines is 1. The molecule has 0 fully saturated rings. The highest BCUT2D eigenvalue weighted by atomic mass is 16.3. The minimum Gasteiger partial charge on any atom is -0.467 e. The molecule has 0 unspecified atom stereocenters. The number of urea groups is 1. The minimum atomic E-state index is -0.267. The molecule has 3 aromatic rings. The Balaban J connectivity index is 1.71. The summed E-state index contributed by atoms with van der Waals surface area (Å²) in [5.74, 6) is 0.839. The summed E-state index contributed by atoms with van der Waals surface area (Å²) >= 11 is 0. The molecule has 0 radical (unpaired) electrons. The molecular weight excluding hydrogens is 426 g/mol. The maximum Gasteiger partial charge on any atom is 0.322 e. The Labute approximate surface area is 202 Å². The second-order valence-electron chi connectivity index (χ2n) is 8.89. The molecule has 2 aromatic carbocycles. The van der Waals surface area contributed by atoms with Gasteiger partial charge in [-0.2, -0.15) is 0 Å². The predicted octanol–water partition coefficient (Wildman–Crippen LogP) is 5.60. The highest BCUT2D eigenvalue weighted by Gasteiger charge is 2.23. The van der Waals surface area contributed by atoms with Gasteiger partial charge in [0.05, 0.1) is 12.8 Å². The molecule has 3 rings (SSSR count). The monoisotopic (exact) mass is 461 g/mol. The van der Waals surface area contributed by atoms with E-state index in [2.05, 4.69) is 24.4 Å². The largest absolute Gasteiger partial charge is 0.467 e. The molecule has 0 aliphatic heterocycles. The lowest BCUT2D eigenvalue weighted by Crippen LogP contribution is -2.46. The van der Waals surface area contributed by atoms with Gasteiger partial charge >= 0.3 is 6.03 Å². The van der Waals surface area contributed by atoms with Crippen LogP contribution in [0, 0.1) is 5.92 Å². The second kappa shape index (κ2) is 12.6. The molecule has 1 heterocycles. The topological polar surface area (TPSA) is 65.8 Å². The maximum atomic E-state index is 13.4. The summed E-state index contributed by atoms with van der Waals surface area (Å²) in [5.41, 5.74) is 3.05. The van der Waals surface area contributed by atoms with Gasteiger partial charge in [-0.15, -0.1) is 0 Å². The van der Waals surface area contributed by atoms with Gasteiger partial charge in [0.15, 0.2) is 0 Å². The van der Waals surface area contributed by atoms with E-state index in [1.54, 1.807) is 16.1 Å². The second-order valence-corrected chi connectivity index (χ2v) is 8.89. The third-order valence-corrected chi connectivity index (χ3v) is 5.58. The first-order valence-electron chi connectivity index (χ1n) is 11.9. The number of benzene rings is 2. The zero-order chi connectivity index (χ0) is 24.3. The lowest BCUT2D eigenvalue weighted by molar-refractivity contribution is -0.132. The molecule has 0 saturated heterocycles. The van der Waals surface area contributed by atoms with Gasteiger partial charge < -0.3 is 19.5 Å². The van der Waals surface area contributed by atoms with Gasteiger partial charge in [-0.25, -0.2) is 4.79 Å². The van der Waals surface area contributed by atoms with E-state index in [1.165, 1.54) is 0 Å². The van der Waals surface area contributed by atoms with Crippen LogP contribution in [0.2, 0.25) is 0 Å². The average molecular weight is 462 g/mol. The Bertz CT molecular complexity index is 1030. The molecule has 0 bridgehead atoms. The van der Waals surface area contributed by atoms with Crippen LogP contribution in [0.1, 0.15) is 37.7 Å². The van der Waals surface area contributed by atoms with Gasteiger partial charge in [-0.1, -0.05) is 63.2 Å². The molecule has 0 aliphatic rings. The molecule has 0 aliphatic carbocycles. The number of hydrogen-bond acceptors (Lipinski definition) is 3. The Morgan fingerprint density at radius 3 is 2.38 bits per heavy atom. The summed E-state index contributed by atoms with van der Waals surface area (Å²) in [6.07, 6.45) is 3.23. The van der Waals surface area contributed by atoms with Crippen LogP contribution < -0.4 is 5.32 Å². The molecule has 0 atom stereocenters. The normalized spacial score (nSPS) is 10.8. The Kier molecular flexibility index (Phi) is 9.32. The first-order chi connectivity index (χ1) is 16.4. The van der Waals surface area contributed by atoms with Crippen LogP contribution in [-0.2, 0) is 24.2 Å². The third-order valence-electron chi connectivity index (χ3n) is 5.58. The summed E-state index contributed by atoms with van der Waals surface area (Å²) in [6.45, 7) is 7.56. The van der Waals surface area contributed by atoms with Gasteiger partial charge in [0.1, 0.15) is 12.3 Å². The molecular formula is C28H35N3O3. The van der Waals surface area contributed by atoms with Crippen molar-refractivity contribution < 1.29 is 14.0 Å². The van der Waals surface area contributed by atoms with Crippen molar-refractivity contribution in [1.82, 2.24) is 9.80 Å². The maximum absolute atomic E-state index is 13.4. The standard InChI is InChI=1S/C28H35N3O3/c1-4-23-12-8-13-25(18-23)29-28(33)31(19-22(2)3)21-27(32)30(20-26-14-9-17-34-26)16-15-24-10-6-5-7-11-24/h5-14,17-18,22H,4,15-16,19-21H2,1-3H3,(H,29,33). The van der Waals surface area contributed by atoms with Crippen LogP contribution in [0.4, 0.5) is 10.5 Å². The van der Waals surface area contributed by atoms with E-state index in [1.807, 2.05) is 68.4 Å². The Morgan fingerprint density at radius 1 is 0.941 bits per heavy atom. The Hall–Kier alpha value is -3.54. The van der Waals surface area contributed by atoms with Crippen molar-refractivity contribution in [3.63, 3.8) is 0 Å². The van der Waals surface area contributed by atoms with Crippen LogP contribution in [0.3, 0.4) is 0 Å². The van der Waals surface area contributed by atoms with Crippen LogP contribution in [0.15, 0.2) is 77.4 Å². The number of nitrogens with zero attached hydrogens (tertiary/aromatic N) is 2. The van der Waals surface area contributed by atoms with E-state index in [-0.39, 0.29) is 24.4 Å². The van der Waals surface area contributed by atoms with Gasteiger partial charge in [0, 0.05) is 18.8 Å². The first kappa shape index (κ1) is 25.1. The summed E-state index contributed by atoms with van der Waals surface area (Å²) in [5, 5.41) is 2.97. The molecule has 0 spiro atoms. The van der Waals surface area contributed by atoms with E-state index < -0.39 is 0 Å². The van der Waals surface area contributed by atoms with Crippen molar-refractivity contribution in [3.8, 4) is 0 Å². The summed E-state index contributed by atoms with van der Waals surface area (Å²) in [6, 6.07) is 21.3. The fraction of sp³-hybridized carbons (Fsp3) is 0.357. The number of amides is 3. The number of furan rings is 1. The third kappa shape index (κ3) is 7.80. The fourth-order valence-electron chi connectivity index (χ4n) is 3.79. The lowest BCUT2D eigenvalue weighted by Gasteiger charge is -2.28. The van der Waals surface area contributed by atoms with Crippen molar-refractivity contribution in [2.75, 3.05) is 25.0 Å². The number of aryl methyl sites for hydroxylation is 1. The number of rotatable bonds is 11. The number of carbonyl (C=O) groups excluding carboxylic acids is 2. The zero-order valence-corrected chi connectivity index (χ0v) is 20.4. The molecule has 1 N–H and O–H groups in total. The fourth-order valence-corrected chi connectivity index (χ4v) is 3.79. The predicted molar refractivity (Wildman–Crippen MR) is 136 cm³/mol. The van der Waals surface area contributed by atoms with Crippen LogP contribution in [0.25, 0.3) is 0 Å². The smallest absolute Gasteiger partial charge is 0.322 e. The Morgan fingerprint density at radius 2 is 1.71 bits per heavy atom. The number of hydrogen-bond donors (Lipinski definition) is 1. The first-order valence-corrected chi connectivity index (χ1v) is 11.9. The lowest BCUT2D eigenvalue weighted by atomic mass is 10.1. The average Bonchev–Trinajstić information content (AvgIpc) is 3.35. The zero-order valence-electron chi connectivity index (χ0n) is 20.4. The van der Waals surface area contributed by atoms with Crippen LogP contribution in [-0.4, -0.2) is 41.4 Å². The quantitative estimate of drug-likeness (QED) is 0.404. The highest BCUT2D eigenvalue weighted by Crippen LogP contribution is 2.14. The molecule has 180 valence electrons. The molecule has 3 amide bonds. The number of nitrogens with one attached hydrogen (secondary N) is 1. The molecule has 34 heavy (non-hydrogen) atoms. The van der Waals surface area contributed by atoms with E-state index in [0.29, 0.717) is 19.6 Å². The summed E-state index contributed by atoms with van der Waals surface area (Å²) < 4.78 is 5.50. The summed E-state index contributed by atoms with van der Waals surface area (Å²) in [7, 11) is 0. The molecule has 0 saturated carbocycles. The van der Waals surface area contributed by atoms with E-state index in [4.69, 9.17) is 4.42 Å². The van der Waals surface area contributed by atoms with Crippen LogP contribution in [0.5, 0.6) is 0 Å². The molecule has 6 nitrogen and oxygen atoms in total. The van der Waals surface area contributed by atoms with Crippen LogP contribution >= 0.6 is 0 Å². The van der Waals surface area contributed by atoms with Crippen molar-refractivity contribution in [3.05, 3.63) is 89.9 Å². The van der Waals surface area contributed by atoms with Crippen molar-refractivity contribution in [2.24, 2.45) is 5.92 Å². The highest BCUT2D eigenvalue weighted by molar-refractivity contribution is 5.92. The van der Waals surface area contributed by atoms with Gasteiger partial charge in [-0.3, -0.25) is 4.79 Å². The van der Waals surface area contributed by atoms with Crippen molar-refractivity contribution in [1.29, 1.82) is 0 Å². The summed E-state index contributed by atoms with van der Waals surface area (Å²) in [4.78, 5) is 29.9. The van der Waals surface area contributed by atoms with E-state index >= 15 is 0 Å². The molecule has 6 heteroatoms. The van der Waals surface area contributed by atoms with Crippen molar-refractivity contribution in [2.45, 2.75) is 40.2 Å². The van der Waals surface area contributed by atoms with Gasteiger partial charge in [-0.05, 0) is 54.2 Å². The SMILES string of the molecule is CCc1cccc(NC(=O)N(CC(=O)N(CCc2ccccc2)Cc2ccco2)CC(C)C)c1. The van der Waals surface area contributed by atoms with E-state index in [0.717, 1.165) is 35.4 Å². The number of carbonyl (C=O) groups is 2. The van der Waals surface area contributed by atoms with Crippen molar-refractivity contribution >= 4 is 17.6 Å². The van der Waals surface area contributed by atoms with Gasteiger partial charge in [0.25, 0.3) is 0 Å². The minimum absolute atomic E-state index is 0.00692. The molecule has 1 aromatic heterocycles. The van der Waals surface area contributed by atoms with Gasteiger partial charge in [0.2, 0.25) is 5.91 Å². The van der Waals surface area contributed by atoms with E-state index in [9.17, 15) is 9.59 Å².